The van der Waals surface area contributed by atoms with Crippen molar-refractivity contribution in [3.05, 3.63) is 34.8 Å². The number of aromatic nitrogens is 3. The van der Waals surface area contributed by atoms with Crippen LogP contribution in [-0.2, 0) is 0 Å². The summed E-state index contributed by atoms with van der Waals surface area (Å²) in [5.41, 5.74) is 2.24. The van der Waals surface area contributed by atoms with Gasteiger partial charge in [0.15, 0.2) is 5.65 Å². The molecule has 0 aliphatic carbocycles. The topological polar surface area (TPSA) is 71.8 Å². The van der Waals surface area contributed by atoms with Crippen LogP contribution in [0.1, 0.15) is 48.0 Å². The first-order valence-electron chi connectivity index (χ1n) is 9.49. The highest BCUT2D eigenvalue weighted by Crippen LogP contribution is 2.30. The van der Waals surface area contributed by atoms with E-state index in [1.807, 2.05) is 10.7 Å². The summed E-state index contributed by atoms with van der Waals surface area (Å²) in [5, 5.41) is 11.8. The molecule has 9 heteroatoms. The predicted octanol–water partition coefficient (Wildman–Crippen LogP) is 4.37. The Kier molecular flexibility index (Phi) is 8.05. The molecule has 0 saturated carbocycles. The number of nitrogens with one attached hydrogen (secondary N) is 2. The third kappa shape index (κ3) is 4.91. The highest BCUT2D eigenvalue weighted by Gasteiger charge is 2.22. The summed E-state index contributed by atoms with van der Waals surface area (Å²) in [6.07, 6.45) is 3.86. The van der Waals surface area contributed by atoms with E-state index in [2.05, 4.69) is 48.6 Å². The van der Waals surface area contributed by atoms with Crippen LogP contribution in [0.2, 0.25) is 0 Å². The van der Waals surface area contributed by atoms with Gasteiger partial charge in [-0.15, -0.1) is 36.2 Å². The quantitative estimate of drug-likeness (QED) is 0.612. The summed E-state index contributed by atoms with van der Waals surface area (Å²) in [6.45, 7) is 8.07. The Morgan fingerprint density at radius 2 is 2.14 bits per heavy atom. The standard InChI is InChI=1S/C20H25N5OS.2ClH/c1-12(2)25-19-16(11-22-25)15(20(26)23-14-5-4-8-21-10-14)9-17(24-19)18-7-6-13(3)27-18;;/h6-7,9,11-12,14,21H,4-5,8,10H2,1-3H3,(H,23,26);2*1H/t14-;;/m0../s1. The van der Waals surface area contributed by atoms with Gasteiger partial charge in [0.25, 0.3) is 5.91 Å². The van der Waals surface area contributed by atoms with E-state index in [9.17, 15) is 4.79 Å². The second-order valence-electron chi connectivity index (χ2n) is 7.40. The minimum atomic E-state index is -0.0473. The molecule has 3 aromatic heterocycles. The lowest BCUT2D eigenvalue weighted by atomic mass is 10.1. The van der Waals surface area contributed by atoms with Gasteiger partial charge >= 0.3 is 0 Å². The Bertz CT molecular complexity index is 979. The van der Waals surface area contributed by atoms with E-state index in [-0.39, 0.29) is 42.8 Å². The molecule has 158 valence electrons. The molecule has 0 bridgehead atoms. The number of thiophene rings is 1. The van der Waals surface area contributed by atoms with Crippen LogP contribution in [0, 0.1) is 6.92 Å². The van der Waals surface area contributed by atoms with Gasteiger partial charge in [-0.3, -0.25) is 4.79 Å². The zero-order valence-corrected chi connectivity index (χ0v) is 19.2. The molecule has 6 nitrogen and oxygen atoms in total. The number of fused-ring (bicyclic) bond motifs is 1. The van der Waals surface area contributed by atoms with Crippen molar-refractivity contribution in [2.24, 2.45) is 0 Å². The van der Waals surface area contributed by atoms with Crippen LogP contribution in [0.4, 0.5) is 0 Å². The Morgan fingerprint density at radius 3 is 2.76 bits per heavy atom. The molecule has 0 aromatic carbocycles. The van der Waals surface area contributed by atoms with E-state index < -0.39 is 0 Å². The third-order valence-electron chi connectivity index (χ3n) is 4.93. The van der Waals surface area contributed by atoms with Crippen LogP contribution < -0.4 is 10.6 Å². The SMILES string of the molecule is Cc1ccc(-c2cc(C(=O)N[C@H]3CCCNC3)c3cnn(C(C)C)c3n2)s1.Cl.Cl. The molecule has 1 saturated heterocycles. The van der Waals surface area contributed by atoms with E-state index in [4.69, 9.17) is 4.98 Å². The lowest BCUT2D eigenvalue weighted by Crippen LogP contribution is -2.45. The smallest absolute Gasteiger partial charge is 0.252 e. The van der Waals surface area contributed by atoms with Gasteiger partial charge in [0, 0.05) is 23.5 Å². The fourth-order valence-corrected chi connectivity index (χ4v) is 4.35. The van der Waals surface area contributed by atoms with Crippen molar-refractivity contribution in [2.45, 2.75) is 45.7 Å². The Hall–Kier alpha value is -1.67. The molecule has 29 heavy (non-hydrogen) atoms. The van der Waals surface area contributed by atoms with E-state index >= 15 is 0 Å². The first-order chi connectivity index (χ1) is 13.0. The fourth-order valence-electron chi connectivity index (χ4n) is 3.52. The Labute approximate surface area is 187 Å². The van der Waals surface area contributed by atoms with Gasteiger partial charge < -0.3 is 10.6 Å². The molecule has 1 aliphatic heterocycles. The van der Waals surface area contributed by atoms with Gasteiger partial charge in [-0.1, -0.05) is 0 Å². The second-order valence-corrected chi connectivity index (χ2v) is 8.69. The van der Waals surface area contributed by atoms with Crippen LogP contribution in [0.5, 0.6) is 0 Å². The van der Waals surface area contributed by atoms with E-state index in [1.54, 1.807) is 17.5 Å². The number of rotatable bonds is 4. The normalized spacial score (nSPS) is 16.3. The van der Waals surface area contributed by atoms with Crippen molar-refractivity contribution in [3.8, 4) is 10.6 Å². The summed E-state index contributed by atoms with van der Waals surface area (Å²) in [7, 11) is 0. The monoisotopic (exact) mass is 455 g/mol. The fraction of sp³-hybridized carbons (Fsp3) is 0.450. The lowest BCUT2D eigenvalue weighted by molar-refractivity contribution is 0.0932. The molecule has 0 radical (unpaired) electrons. The number of piperidine rings is 1. The van der Waals surface area contributed by atoms with Crippen molar-refractivity contribution < 1.29 is 4.79 Å². The number of pyridine rings is 1. The lowest BCUT2D eigenvalue weighted by Gasteiger charge is -2.24. The summed E-state index contributed by atoms with van der Waals surface area (Å²) in [6, 6.07) is 6.40. The minimum Gasteiger partial charge on any atom is -0.348 e. The minimum absolute atomic E-state index is 0. The molecular formula is C20H27Cl2N5OS. The second kappa shape index (κ2) is 9.89. The number of halogens is 2. The van der Waals surface area contributed by atoms with Gasteiger partial charge in [-0.05, 0) is 58.4 Å². The van der Waals surface area contributed by atoms with Gasteiger partial charge in [0.05, 0.1) is 27.7 Å². The van der Waals surface area contributed by atoms with Crippen LogP contribution in [-0.4, -0.2) is 39.8 Å². The summed E-state index contributed by atoms with van der Waals surface area (Å²) in [4.78, 5) is 20.2. The zero-order chi connectivity index (χ0) is 19.0. The van der Waals surface area contributed by atoms with Gasteiger partial charge in [0.2, 0.25) is 0 Å². The number of nitrogens with zero attached hydrogens (tertiary/aromatic N) is 3. The van der Waals surface area contributed by atoms with Crippen molar-refractivity contribution in [1.82, 2.24) is 25.4 Å². The van der Waals surface area contributed by atoms with E-state index in [0.717, 1.165) is 47.5 Å². The average molecular weight is 456 g/mol. The van der Waals surface area contributed by atoms with Crippen molar-refractivity contribution >= 4 is 53.1 Å². The number of carbonyl (C=O) groups is 1. The maximum absolute atomic E-state index is 13.1. The van der Waals surface area contributed by atoms with Gasteiger partial charge in [-0.25, -0.2) is 9.67 Å². The van der Waals surface area contributed by atoms with Crippen LogP contribution in [0.3, 0.4) is 0 Å². The van der Waals surface area contributed by atoms with Crippen LogP contribution in [0.25, 0.3) is 21.6 Å². The van der Waals surface area contributed by atoms with Crippen molar-refractivity contribution in [3.63, 3.8) is 0 Å². The molecule has 1 fully saturated rings. The highest BCUT2D eigenvalue weighted by molar-refractivity contribution is 7.15. The third-order valence-corrected chi connectivity index (χ3v) is 5.95. The molecule has 0 unspecified atom stereocenters. The predicted molar refractivity (Wildman–Crippen MR) is 124 cm³/mol. The maximum Gasteiger partial charge on any atom is 0.252 e. The summed E-state index contributed by atoms with van der Waals surface area (Å²) >= 11 is 1.69. The molecule has 1 atom stereocenters. The Morgan fingerprint density at radius 1 is 1.34 bits per heavy atom. The molecule has 4 heterocycles. The van der Waals surface area contributed by atoms with Crippen molar-refractivity contribution in [2.75, 3.05) is 13.1 Å². The molecule has 1 aliphatic rings. The number of hydrogen-bond donors (Lipinski definition) is 2. The highest BCUT2D eigenvalue weighted by atomic mass is 35.5. The molecule has 2 N–H and O–H groups in total. The number of carbonyl (C=O) groups excluding carboxylic acids is 1. The number of amides is 1. The zero-order valence-electron chi connectivity index (χ0n) is 16.8. The molecular weight excluding hydrogens is 429 g/mol. The van der Waals surface area contributed by atoms with Crippen molar-refractivity contribution in [1.29, 1.82) is 0 Å². The average Bonchev–Trinajstić information content (AvgIpc) is 3.27. The van der Waals surface area contributed by atoms with Gasteiger partial charge in [0.1, 0.15) is 0 Å². The van der Waals surface area contributed by atoms with Crippen LogP contribution >= 0.6 is 36.2 Å². The summed E-state index contributed by atoms with van der Waals surface area (Å²) < 4.78 is 1.89. The molecule has 0 spiro atoms. The first kappa shape index (κ1) is 23.6. The molecule has 4 rings (SSSR count). The molecule has 1 amide bonds. The van der Waals surface area contributed by atoms with Gasteiger partial charge in [-0.2, -0.15) is 5.10 Å². The number of hydrogen-bond acceptors (Lipinski definition) is 5. The first-order valence-corrected chi connectivity index (χ1v) is 10.3. The summed E-state index contributed by atoms with van der Waals surface area (Å²) in [5.74, 6) is -0.0473. The Balaban J connectivity index is 0.00000150. The number of aryl methyl sites for hydroxylation is 1. The van der Waals surface area contributed by atoms with Crippen LogP contribution in [0.15, 0.2) is 24.4 Å². The van der Waals surface area contributed by atoms with E-state index in [1.165, 1.54) is 4.88 Å². The molecule has 3 aromatic rings. The largest absolute Gasteiger partial charge is 0.348 e. The maximum atomic E-state index is 13.1. The van der Waals surface area contributed by atoms with E-state index in [0.29, 0.717) is 5.56 Å².